The van der Waals surface area contributed by atoms with Gasteiger partial charge in [-0.05, 0) is 31.9 Å². The Morgan fingerprint density at radius 3 is 2.16 bits per heavy atom. The van der Waals surface area contributed by atoms with Gasteiger partial charge in [-0.1, -0.05) is 32.0 Å². The Labute approximate surface area is 177 Å². The van der Waals surface area contributed by atoms with Crippen molar-refractivity contribution in [1.82, 2.24) is 19.7 Å². The molecule has 0 bridgehead atoms. The Hall–Kier alpha value is -1.07. The van der Waals surface area contributed by atoms with Crippen LogP contribution in [0.15, 0.2) is 30.3 Å². The van der Waals surface area contributed by atoms with Gasteiger partial charge in [0.1, 0.15) is 11.6 Å². The maximum Gasteiger partial charge on any atom is 0.219 e. The van der Waals surface area contributed by atoms with Crippen LogP contribution in [-0.4, -0.2) is 38.7 Å². The van der Waals surface area contributed by atoms with Crippen LogP contribution in [-0.2, 0) is 37.5 Å². The normalized spacial score (nSPS) is 13.8. The Kier molecular flexibility index (Phi) is 11.0. The number of piperidine rings is 1. The quantitative estimate of drug-likeness (QED) is 0.698. The number of likely N-dealkylation sites (tertiary alicyclic amines) is 1. The van der Waals surface area contributed by atoms with E-state index in [-0.39, 0.29) is 46.0 Å². The van der Waals surface area contributed by atoms with E-state index >= 15 is 0 Å². The van der Waals surface area contributed by atoms with E-state index in [1.807, 2.05) is 43.9 Å². The Morgan fingerprint density at radius 1 is 1.08 bits per heavy atom. The van der Waals surface area contributed by atoms with Crippen molar-refractivity contribution in [3.8, 4) is 5.69 Å². The third-order valence-corrected chi connectivity index (χ3v) is 4.17. The largest absolute Gasteiger partial charge is 0.358 e. The van der Waals surface area contributed by atoms with Gasteiger partial charge in [0.25, 0.3) is 0 Å². The molecule has 0 unspecified atom stereocenters. The van der Waals surface area contributed by atoms with Crippen molar-refractivity contribution < 1.29 is 37.5 Å². The molecule has 25 heavy (non-hydrogen) atoms. The van der Waals surface area contributed by atoms with Gasteiger partial charge in [-0.25, -0.2) is 0 Å². The molecule has 0 atom stereocenters. The topological polar surface area (TPSA) is 51.0 Å². The summed E-state index contributed by atoms with van der Waals surface area (Å²) in [4.78, 5) is 13.3. The number of aryl methyl sites for hydroxylation is 1. The molecule has 0 saturated carbocycles. The van der Waals surface area contributed by atoms with Crippen LogP contribution in [0.4, 0.5) is 0 Å². The first-order valence-electron chi connectivity index (χ1n) is 8.39. The molecule has 5 nitrogen and oxygen atoms in total. The summed E-state index contributed by atoms with van der Waals surface area (Å²) in [5, 5.41) is 8.65. The summed E-state index contributed by atoms with van der Waals surface area (Å²) >= 11 is 0. The predicted molar refractivity (Wildman–Crippen MR) is 98.1 cm³/mol. The minimum atomic E-state index is 0. The van der Waals surface area contributed by atoms with E-state index in [9.17, 15) is 4.79 Å². The minimum Gasteiger partial charge on any atom is -0.358 e. The molecule has 1 amide bonds. The molecule has 0 spiro atoms. The molecule has 1 aromatic heterocycles. The number of nitrogens with zero attached hydrogens (tertiary/aromatic N) is 4. The summed E-state index contributed by atoms with van der Waals surface area (Å²) in [7, 11) is 0. The summed E-state index contributed by atoms with van der Waals surface area (Å²) < 4.78 is 2.13. The number of benzene rings is 1. The van der Waals surface area contributed by atoms with Gasteiger partial charge in [-0.2, -0.15) is 0 Å². The van der Waals surface area contributed by atoms with Gasteiger partial charge < -0.3 is 12.3 Å². The van der Waals surface area contributed by atoms with Crippen LogP contribution in [0.5, 0.6) is 0 Å². The van der Waals surface area contributed by atoms with E-state index in [1.54, 1.807) is 6.92 Å². The monoisotopic (exact) mass is 418 g/mol. The molecule has 1 saturated heterocycles. The second-order valence-corrected chi connectivity index (χ2v) is 5.56. The maximum atomic E-state index is 11.4. The van der Waals surface area contributed by atoms with Gasteiger partial charge in [-0.3, -0.25) is 9.36 Å². The van der Waals surface area contributed by atoms with Gasteiger partial charge in [0, 0.05) is 64.3 Å². The fourth-order valence-electron chi connectivity index (χ4n) is 2.99. The van der Waals surface area contributed by atoms with Crippen LogP contribution >= 0.6 is 0 Å². The van der Waals surface area contributed by atoms with Crippen molar-refractivity contribution in [3.05, 3.63) is 49.4 Å². The van der Waals surface area contributed by atoms with Gasteiger partial charge >= 0.3 is 0 Å². The van der Waals surface area contributed by atoms with Gasteiger partial charge in [-0.15, -0.1) is 10.2 Å². The summed E-state index contributed by atoms with van der Waals surface area (Å²) in [5.41, 5.74) is 1.10. The van der Waals surface area contributed by atoms with Crippen LogP contribution < -0.4 is 0 Å². The predicted octanol–water partition coefficient (Wildman–Crippen LogP) is 3.78. The van der Waals surface area contributed by atoms with Crippen molar-refractivity contribution in [3.63, 3.8) is 0 Å². The second kappa shape index (κ2) is 11.5. The molecule has 1 radical (unpaired) electrons. The molecule has 1 aliphatic heterocycles. The van der Waals surface area contributed by atoms with E-state index in [0.29, 0.717) is 5.92 Å². The maximum absolute atomic E-state index is 11.4. The molecule has 135 valence electrons. The van der Waals surface area contributed by atoms with Crippen LogP contribution in [0.3, 0.4) is 0 Å². The number of aromatic nitrogens is 3. The van der Waals surface area contributed by atoms with Crippen molar-refractivity contribution in [2.45, 2.75) is 46.5 Å². The van der Waals surface area contributed by atoms with Gasteiger partial charge in [0.2, 0.25) is 5.91 Å². The first-order valence-corrected chi connectivity index (χ1v) is 8.39. The average molecular weight is 418 g/mol. The first kappa shape index (κ1) is 23.9. The number of carbonyl (C=O) groups excluding carboxylic acids is 1. The number of rotatable bonds is 2. The molecule has 1 aliphatic rings. The third-order valence-electron chi connectivity index (χ3n) is 4.17. The molecule has 3 rings (SSSR count). The van der Waals surface area contributed by atoms with Gasteiger partial charge in [0.05, 0.1) is 0 Å². The van der Waals surface area contributed by atoms with Crippen LogP contribution in [0.2, 0.25) is 0 Å². The molecule has 2 heterocycles. The Morgan fingerprint density at radius 2 is 1.64 bits per heavy atom. The Balaban J connectivity index is 0.00000139. The summed E-state index contributed by atoms with van der Waals surface area (Å²) in [6.07, 6.45) is 1.90. The molecular weight excluding hydrogens is 389 g/mol. The van der Waals surface area contributed by atoms with E-state index in [2.05, 4.69) is 26.9 Å². The molecule has 2 aromatic rings. The third kappa shape index (κ3) is 5.72. The van der Waals surface area contributed by atoms with E-state index in [4.69, 9.17) is 0 Å². The SMILES string of the molecule is CC.CC(=O)N1CCC(c2nnc(C)n2-c2ccccc2)CC1.[CH3-].[Y]. The molecular formula is C19H29N4OY-. The number of carbonyl (C=O) groups is 1. The van der Waals surface area contributed by atoms with Gasteiger partial charge in [0.15, 0.2) is 0 Å². The molecule has 0 aliphatic carbocycles. The van der Waals surface area contributed by atoms with E-state index in [1.165, 1.54) is 0 Å². The van der Waals surface area contributed by atoms with Crippen molar-refractivity contribution in [2.24, 2.45) is 0 Å². The fraction of sp³-hybridized carbons (Fsp3) is 0.474. The summed E-state index contributed by atoms with van der Waals surface area (Å²) in [5.74, 6) is 2.45. The van der Waals surface area contributed by atoms with Crippen LogP contribution in [0.25, 0.3) is 5.69 Å². The summed E-state index contributed by atoms with van der Waals surface area (Å²) in [6.45, 7) is 9.23. The smallest absolute Gasteiger partial charge is 0.219 e. The zero-order valence-corrected chi connectivity index (χ0v) is 18.9. The zero-order chi connectivity index (χ0) is 16.8. The Bertz CT molecular complexity index is 634. The number of hydrogen-bond acceptors (Lipinski definition) is 3. The first-order chi connectivity index (χ1) is 11.2. The number of amides is 1. The molecule has 1 aromatic carbocycles. The number of para-hydroxylation sites is 1. The van der Waals surface area contributed by atoms with E-state index < -0.39 is 0 Å². The summed E-state index contributed by atoms with van der Waals surface area (Å²) in [6, 6.07) is 10.2. The minimum absolute atomic E-state index is 0. The average Bonchev–Trinajstić information content (AvgIpc) is 2.99. The van der Waals surface area contributed by atoms with Crippen LogP contribution in [0, 0.1) is 14.4 Å². The molecule has 6 heteroatoms. The number of hydrogen-bond donors (Lipinski definition) is 0. The second-order valence-electron chi connectivity index (χ2n) is 5.56. The van der Waals surface area contributed by atoms with Crippen LogP contribution in [0.1, 0.15) is 51.2 Å². The standard InChI is InChI=1S/C16H20N4O.C2H6.CH3.Y/c1-12-17-18-16(20(12)15-6-4-3-5-7-15)14-8-10-19(11-9-14)13(2)21;1-2;;/h3-7,14H,8-11H2,1-2H3;1-2H3;1H3;/q;;-1;. The molecule has 1 fully saturated rings. The van der Waals surface area contributed by atoms with Crippen molar-refractivity contribution in [2.75, 3.05) is 13.1 Å². The zero-order valence-electron chi connectivity index (χ0n) is 16.1. The van der Waals surface area contributed by atoms with Crippen molar-refractivity contribution >= 4 is 5.91 Å². The fourth-order valence-corrected chi connectivity index (χ4v) is 2.99. The van der Waals surface area contributed by atoms with E-state index in [0.717, 1.165) is 43.3 Å². The van der Waals surface area contributed by atoms with Crippen molar-refractivity contribution in [1.29, 1.82) is 0 Å². The molecule has 0 N–H and O–H groups in total.